The molecule has 1 aromatic heterocycles. The van der Waals surface area contributed by atoms with Crippen molar-refractivity contribution in [3.05, 3.63) is 99.7 Å². The summed E-state index contributed by atoms with van der Waals surface area (Å²) < 4.78 is 6.22. The molecule has 3 N–H and O–H groups in total. The van der Waals surface area contributed by atoms with E-state index in [9.17, 15) is 14.9 Å². The van der Waals surface area contributed by atoms with E-state index in [0.717, 1.165) is 22.0 Å². The summed E-state index contributed by atoms with van der Waals surface area (Å²) >= 11 is 3.43. The fraction of sp³-hybridized carbons (Fsp3) is 0.138. The molecule has 186 valence electrons. The first kappa shape index (κ1) is 25.7. The van der Waals surface area contributed by atoms with Gasteiger partial charge in [0.1, 0.15) is 17.4 Å². The molecule has 0 radical (unpaired) electrons. The maximum atomic E-state index is 12.6. The molecule has 0 spiro atoms. The Morgan fingerprint density at radius 2 is 1.89 bits per heavy atom. The van der Waals surface area contributed by atoms with Crippen LogP contribution in [0, 0.1) is 18.3 Å². The van der Waals surface area contributed by atoms with E-state index in [4.69, 9.17) is 4.74 Å². The Hall–Kier alpha value is -4.35. The lowest BCUT2D eigenvalue weighted by Gasteiger charge is -2.10. The molecule has 4 aromatic rings. The number of benzene rings is 3. The maximum absolute atomic E-state index is 12.6. The maximum Gasteiger partial charge on any atom is 0.262 e. The van der Waals surface area contributed by atoms with E-state index in [1.165, 1.54) is 6.08 Å². The SMILES string of the molecule is Cc1ccc(NC(=O)COc2ccc(/C=C(/C#N)C(=O)NCCc3c[nH]c4ccccc34)cc2Br)cc1. The number of hydrogen-bond donors (Lipinski definition) is 3. The zero-order valence-corrected chi connectivity index (χ0v) is 21.8. The molecule has 1 heterocycles. The number of ether oxygens (including phenoxy) is 1. The number of carbonyl (C=O) groups excluding carboxylic acids is 2. The molecule has 0 aliphatic rings. The van der Waals surface area contributed by atoms with Crippen LogP contribution in [-0.4, -0.2) is 29.9 Å². The molecule has 8 heteroatoms. The largest absolute Gasteiger partial charge is 0.483 e. The van der Waals surface area contributed by atoms with Gasteiger partial charge in [0, 0.05) is 29.3 Å². The van der Waals surface area contributed by atoms with Gasteiger partial charge >= 0.3 is 0 Å². The molecule has 0 saturated heterocycles. The van der Waals surface area contributed by atoms with Gasteiger partial charge in [-0.15, -0.1) is 0 Å². The van der Waals surface area contributed by atoms with Crippen LogP contribution in [0.15, 0.2) is 83.0 Å². The van der Waals surface area contributed by atoms with E-state index in [-0.39, 0.29) is 18.1 Å². The molecular formula is C29H25BrN4O3. The fourth-order valence-electron chi connectivity index (χ4n) is 3.76. The number of anilines is 1. The molecule has 7 nitrogen and oxygen atoms in total. The molecule has 0 bridgehead atoms. The molecule has 0 atom stereocenters. The smallest absolute Gasteiger partial charge is 0.262 e. The van der Waals surface area contributed by atoms with Gasteiger partial charge in [-0.25, -0.2) is 0 Å². The summed E-state index contributed by atoms with van der Waals surface area (Å²) in [6.45, 7) is 2.22. The quantitative estimate of drug-likeness (QED) is 0.186. The van der Waals surface area contributed by atoms with Crippen LogP contribution in [0.2, 0.25) is 0 Å². The van der Waals surface area contributed by atoms with Crippen LogP contribution in [0.4, 0.5) is 5.69 Å². The number of fused-ring (bicyclic) bond motifs is 1. The molecule has 0 unspecified atom stereocenters. The second-order valence-corrected chi connectivity index (χ2v) is 9.28. The highest BCUT2D eigenvalue weighted by atomic mass is 79.9. The predicted octanol–water partition coefficient (Wildman–Crippen LogP) is 5.52. The van der Waals surface area contributed by atoms with Crippen LogP contribution < -0.4 is 15.4 Å². The Labute approximate surface area is 223 Å². The monoisotopic (exact) mass is 556 g/mol. The summed E-state index contributed by atoms with van der Waals surface area (Å²) in [4.78, 5) is 28.0. The molecule has 3 aromatic carbocycles. The van der Waals surface area contributed by atoms with Crippen LogP contribution in [0.25, 0.3) is 17.0 Å². The fourth-order valence-corrected chi connectivity index (χ4v) is 4.27. The molecule has 4 rings (SSSR count). The Morgan fingerprint density at radius 1 is 1.11 bits per heavy atom. The number of hydrogen-bond acceptors (Lipinski definition) is 4. The van der Waals surface area contributed by atoms with Crippen LogP contribution in [0.3, 0.4) is 0 Å². The van der Waals surface area contributed by atoms with Gasteiger partial charge in [0.25, 0.3) is 11.8 Å². The standard InChI is InChI=1S/C29H25BrN4O3/c1-19-6-9-23(10-7-19)34-28(35)18-37-27-11-8-20(15-25(27)30)14-22(16-31)29(36)32-13-12-21-17-33-26-5-3-2-4-24(21)26/h2-11,14-15,17,33H,12-13,18H2,1H3,(H,32,36)(H,34,35)/b22-14-. The lowest BCUT2D eigenvalue weighted by molar-refractivity contribution is -0.118. The number of nitriles is 1. The molecule has 0 saturated carbocycles. The molecule has 37 heavy (non-hydrogen) atoms. The Balaban J connectivity index is 1.31. The van der Waals surface area contributed by atoms with E-state index in [2.05, 4.69) is 31.5 Å². The number of aromatic amines is 1. The van der Waals surface area contributed by atoms with Gasteiger partial charge in [0.05, 0.1) is 4.47 Å². The minimum Gasteiger partial charge on any atom is -0.483 e. The highest BCUT2D eigenvalue weighted by molar-refractivity contribution is 9.10. The van der Waals surface area contributed by atoms with Gasteiger partial charge in [-0.2, -0.15) is 5.26 Å². The van der Waals surface area contributed by atoms with Crippen molar-refractivity contribution in [1.82, 2.24) is 10.3 Å². The number of H-pyrrole nitrogens is 1. The minimum atomic E-state index is -0.438. The van der Waals surface area contributed by atoms with Crippen LogP contribution in [0.1, 0.15) is 16.7 Å². The zero-order valence-electron chi connectivity index (χ0n) is 20.2. The van der Waals surface area contributed by atoms with Gasteiger partial charge < -0.3 is 20.4 Å². The summed E-state index contributed by atoms with van der Waals surface area (Å²) in [5.41, 5.74) is 4.60. The summed E-state index contributed by atoms with van der Waals surface area (Å²) in [5, 5.41) is 16.2. The van der Waals surface area contributed by atoms with Crippen molar-refractivity contribution in [3.8, 4) is 11.8 Å². The van der Waals surface area contributed by atoms with E-state index in [1.54, 1.807) is 18.2 Å². The number of nitrogens with zero attached hydrogens (tertiary/aromatic N) is 1. The van der Waals surface area contributed by atoms with E-state index in [1.807, 2.05) is 67.7 Å². The third-order valence-corrected chi connectivity index (χ3v) is 6.30. The van der Waals surface area contributed by atoms with Crippen LogP contribution in [0.5, 0.6) is 5.75 Å². The Morgan fingerprint density at radius 3 is 2.65 bits per heavy atom. The first-order chi connectivity index (χ1) is 17.9. The highest BCUT2D eigenvalue weighted by Crippen LogP contribution is 2.27. The molecule has 0 fully saturated rings. The zero-order chi connectivity index (χ0) is 26.2. The van der Waals surface area contributed by atoms with E-state index in [0.29, 0.717) is 34.4 Å². The highest BCUT2D eigenvalue weighted by Gasteiger charge is 2.11. The van der Waals surface area contributed by atoms with Gasteiger partial charge in [-0.05, 0) is 76.8 Å². The number of carbonyl (C=O) groups is 2. The molecular weight excluding hydrogens is 532 g/mol. The summed E-state index contributed by atoms with van der Waals surface area (Å²) in [7, 11) is 0. The predicted molar refractivity (Wildman–Crippen MR) is 148 cm³/mol. The Kier molecular flexibility index (Phi) is 8.39. The van der Waals surface area contributed by atoms with Crippen molar-refractivity contribution in [2.24, 2.45) is 0 Å². The number of rotatable bonds is 9. The third-order valence-electron chi connectivity index (χ3n) is 5.68. The number of halogens is 1. The normalized spacial score (nSPS) is 11.1. The van der Waals surface area contributed by atoms with Crippen molar-refractivity contribution in [1.29, 1.82) is 5.26 Å². The number of amides is 2. The van der Waals surface area contributed by atoms with E-state index >= 15 is 0 Å². The van der Waals surface area contributed by atoms with Gasteiger partial charge in [-0.3, -0.25) is 9.59 Å². The lowest BCUT2D eigenvalue weighted by atomic mass is 10.1. The van der Waals surface area contributed by atoms with Crippen molar-refractivity contribution in [2.75, 3.05) is 18.5 Å². The topological polar surface area (TPSA) is 107 Å². The van der Waals surface area contributed by atoms with E-state index < -0.39 is 5.91 Å². The van der Waals surface area contributed by atoms with Gasteiger partial charge in [0.2, 0.25) is 0 Å². The van der Waals surface area contributed by atoms with Crippen molar-refractivity contribution in [2.45, 2.75) is 13.3 Å². The average molecular weight is 557 g/mol. The molecule has 0 aliphatic carbocycles. The van der Waals surface area contributed by atoms with Crippen molar-refractivity contribution < 1.29 is 14.3 Å². The van der Waals surface area contributed by atoms with Crippen molar-refractivity contribution in [3.63, 3.8) is 0 Å². The average Bonchev–Trinajstić information content (AvgIpc) is 3.31. The molecule has 0 aliphatic heterocycles. The molecule has 2 amide bonds. The second kappa shape index (κ2) is 12.1. The third kappa shape index (κ3) is 6.87. The van der Waals surface area contributed by atoms with Crippen LogP contribution >= 0.6 is 15.9 Å². The number of para-hydroxylation sites is 1. The first-order valence-corrected chi connectivity index (χ1v) is 12.5. The van der Waals surface area contributed by atoms with Gasteiger partial charge in [0.15, 0.2) is 6.61 Å². The number of nitrogens with one attached hydrogen (secondary N) is 3. The summed E-state index contributed by atoms with van der Waals surface area (Å²) in [6, 6.07) is 22.6. The summed E-state index contributed by atoms with van der Waals surface area (Å²) in [6.07, 6.45) is 4.09. The van der Waals surface area contributed by atoms with Crippen molar-refractivity contribution >= 4 is 50.4 Å². The Bertz CT molecular complexity index is 1500. The summed E-state index contributed by atoms with van der Waals surface area (Å²) in [5.74, 6) is -0.250. The van der Waals surface area contributed by atoms with Crippen LogP contribution in [-0.2, 0) is 16.0 Å². The lowest BCUT2D eigenvalue weighted by Crippen LogP contribution is -2.26. The number of aromatic nitrogens is 1. The number of aryl methyl sites for hydroxylation is 1. The second-order valence-electron chi connectivity index (χ2n) is 8.43. The van der Waals surface area contributed by atoms with Gasteiger partial charge in [-0.1, -0.05) is 42.0 Å². The first-order valence-electron chi connectivity index (χ1n) is 11.7. The minimum absolute atomic E-state index is 0.00280.